The first-order valence-corrected chi connectivity index (χ1v) is 9.98. The van der Waals surface area contributed by atoms with Crippen molar-refractivity contribution in [3.8, 4) is 0 Å². The number of nitrogens with two attached hydrogens (primary N) is 2. The summed E-state index contributed by atoms with van der Waals surface area (Å²) in [5.74, 6) is -0.732. The molecule has 0 aliphatic heterocycles. The topological polar surface area (TPSA) is 103 Å². The lowest BCUT2D eigenvalue weighted by Crippen LogP contribution is -2.08. The van der Waals surface area contributed by atoms with Crippen LogP contribution in [0.4, 0.5) is 11.4 Å². The molecule has 0 saturated carbocycles. The zero-order valence-corrected chi connectivity index (χ0v) is 17.1. The summed E-state index contributed by atoms with van der Waals surface area (Å²) < 4.78 is 0. The molecule has 0 fully saturated rings. The van der Waals surface area contributed by atoms with E-state index in [0.29, 0.717) is 44.8 Å². The number of carbonyl (C=O) groups excluding carboxylic acids is 3. The molecule has 0 aliphatic carbocycles. The summed E-state index contributed by atoms with van der Waals surface area (Å²) >= 11 is 0. The number of hydrogen-bond acceptors (Lipinski definition) is 5. The first kappa shape index (κ1) is 20.8. The van der Waals surface area contributed by atoms with Crippen LogP contribution in [-0.2, 0) is 0 Å². The van der Waals surface area contributed by atoms with E-state index in [2.05, 4.69) is 0 Å². The standard InChI is InChI=1S/C27H20N2O3/c28-23-11-3-9-21(15-23)26(31)19-7-1-5-17(13-19)25(30)18-6-2-8-20(14-18)27(32)22-10-4-12-24(29)16-22/h1-16H,28-29H2. The Morgan fingerprint density at radius 3 is 0.938 bits per heavy atom. The van der Waals surface area contributed by atoms with Crippen molar-refractivity contribution in [2.24, 2.45) is 0 Å². The molecule has 0 aromatic heterocycles. The zero-order valence-electron chi connectivity index (χ0n) is 17.1. The molecule has 5 heteroatoms. The van der Waals surface area contributed by atoms with E-state index in [1.165, 1.54) is 0 Å². The fourth-order valence-electron chi connectivity index (χ4n) is 3.46. The molecule has 156 valence electrons. The fourth-order valence-corrected chi connectivity index (χ4v) is 3.46. The number of ketones is 3. The zero-order chi connectivity index (χ0) is 22.7. The Labute approximate surface area is 185 Å². The van der Waals surface area contributed by atoms with E-state index < -0.39 is 0 Å². The smallest absolute Gasteiger partial charge is 0.193 e. The van der Waals surface area contributed by atoms with Crippen LogP contribution in [0.15, 0.2) is 97.1 Å². The van der Waals surface area contributed by atoms with Gasteiger partial charge >= 0.3 is 0 Å². The summed E-state index contributed by atoms with van der Waals surface area (Å²) in [6.07, 6.45) is 0. The van der Waals surface area contributed by atoms with Crippen LogP contribution in [0.3, 0.4) is 0 Å². The lowest BCUT2D eigenvalue weighted by Gasteiger charge is -2.07. The first-order chi connectivity index (χ1) is 15.4. The number of anilines is 2. The van der Waals surface area contributed by atoms with Gasteiger partial charge in [0, 0.05) is 44.8 Å². The normalized spacial score (nSPS) is 10.5. The van der Waals surface area contributed by atoms with Crippen LogP contribution in [0.25, 0.3) is 0 Å². The van der Waals surface area contributed by atoms with E-state index >= 15 is 0 Å². The van der Waals surface area contributed by atoms with Crippen molar-refractivity contribution in [3.63, 3.8) is 0 Å². The Kier molecular flexibility index (Phi) is 5.64. The van der Waals surface area contributed by atoms with Crippen molar-refractivity contribution in [1.29, 1.82) is 0 Å². The fraction of sp³-hybridized carbons (Fsp3) is 0. The van der Waals surface area contributed by atoms with Crippen LogP contribution < -0.4 is 11.5 Å². The second-order valence-corrected chi connectivity index (χ2v) is 7.40. The van der Waals surface area contributed by atoms with E-state index in [-0.39, 0.29) is 17.3 Å². The maximum atomic E-state index is 13.1. The SMILES string of the molecule is Nc1cccc(C(=O)c2cccc(C(=O)c3cccc(C(=O)c4cccc(N)c4)c3)c2)c1. The largest absolute Gasteiger partial charge is 0.399 e. The van der Waals surface area contributed by atoms with Crippen molar-refractivity contribution < 1.29 is 14.4 Å². The molecule has 0 amide bonds. The second-order valence-electron chi connectivity index (χ2n) is 7.40. The van der Waals surface area contributed by atoms with Gasteiger partial charge in [0.25, 0.3) is 0 Å². The van der Waals surface area contributed by atoms with Gasteiger partial charge in [-0.15, -0.1) is 0 Å². The predicted octanol–water partition coefficient (Wildman–Crippen LogP) is 4.54. The number of nitrogen functional groups attached to an aromatic ring is 2. The minimum atomic E-state index is -0.283. The number of hydrogen-bond donors (Lipinski definition) is 2. The Balaban J connectivity index is 1.63. The average Bonchev–Trinajstić information content (AvgIpc) is 2.83. The molecule has 4 rings (SSSR count). The molecule has 32 heavy (non-hydrogen) atoms. The molecule has 0 heterocycles. The van der Waals surface area contributed by atoms with Crippen molar-refractivity contribution in [2.45, 2.75) is 0 Å². The highest BCUT2D eigenvalue weighted by Gasteiger charge is 2.16. The van der Waals surface area contributed by atoms with Crippen molar-refractivity contribution in [1.82, 2.24) is 0 Å². The molecule has 4 N–H and O–H groups in total. The molecule has 0 radical (unpaired) electrons. The third-order valence-electron chi connectivity index (χ3n) is 5.07. The van der Waals surface area contributed by atoms with E-state index in [9.17, 15) is 14.4 Å². The molecule has 0 aliphatic rings. The molecule has 4 aromatic carbocycles. The maximum Gasteiger partial charge on any atom is 0.193 e. The highest BCUT2D eigenvalue weighted by atomic mass is 16.1. The summed E-state index contributed by atoms with van der Waals surface area (Å²) in [6.45, 7) is 0. The molecular weight excluding hydrogens is 400 g/mol. The van der Waals surface area contributed by atoms with Gasteiger partial charge in [0.05, 0.1) is 0 Å². The van der Waals surface area contributed by atoms with Gasteiger partial charge in [-0.2, -0.15) is 0 Å². The van der Waals surface area contributed by atoms with Gasteiger partial charge < -0.3 is 11.5 Å². The van der Waals surface area contributed by atoms with E-state index in [1.54, 1.807) is 97.1 Å². The molecule has 0 spiro atoms. The number of benzene rings is 4. The minimum absolute atomic E-state index is 0.224. The Morgan fingerprint density at radius 2 is 0.656 bits per heavy atom. The van der Waals surface area contributed by atoms with Gasteiger partial charge in [0.1, 0.15) is 0 Å². The Bertz CT molecular complexity index is 1260. The van der Waals surface area contributed by atoms with Crippen molar-refractivity contribution in [3.05, 3.63) is 130 Å². The van der Waals surface area contributed by atoms with Crippen molar-refractivity contribution in [2.75, 3.05) is 11.5 Å². The predicted molar refractivity (Wildman–Crippen MR) is 125 cm³/mol. The molecule has 0 atom stereocenters. The summed E-state index contributed by atoms with van der Waals surface area (Å²) in [5, 5.41) is 0. The van der Waals surface area contributed by atoms with Crippen molar-refractivity contribution >= 4 is 28.7 Å². The van der Waals surface area contributed by atoms with E-state index in [4.69, 9.17) is 11.5 Å². The van der Waals surface area contributed by atoms with Crippen LogP contribution in [-0.4, -0.2) is 17.3 Å². The van der Waals surface area contributed by atoms with Gasteiger partial charge in [-0.05, 0) is 36.4 Å². The summed E-state index contributed by atoms with van der Waals surface area (Å²) in [5.41, 5.74) is 14.9. The van der Waals surface area contributed by atoms with Gasteiger partial charge in [-0.1, -0.05) is 60.7 Å². The lowest BCUT2D eigenvalue weighted by molar-refractivity contribution is 0.103. The van der Waals surface area contributed by atoms with Gasteiger partial charge in [0.2, 0.25) is 0 Å². The van der Waals surface area contributed by atoms with Crippen LogP contribution in [0.2, 0.25) is 0 Å². The highest BCUT2D eigenvalue weighted by Crippen LogP contribution is 2.19. The Morgan fingerprint density at radius 1 is 0.406 bits per heavy atom. The third-order valence-corrected chi connectivity index (χ3v) is 5.07. The molecule has 5 nitrogen and oxygen atoms in total. The molecule has 4 aromatic rings. The monoisotopic (exact) mass is 420 g/mol. The van der Waals surface area contributed by atoms with E-state index in [0.717, 1.165) is 0 Å². The van der Waals surface area contributed by atoms with Gasteiger partial charge in [-0.25, -0.2) is 0 Å². The lowest BCUT2D eigenvalue weighted by atomic mass is 9.95. The minimum Gasteiger partial charge on any atom is -0.399 e. The molecule has 0 bridgehead atoms. The number of rotatable bonds is 6. The third kappa shape index (κ3) is 4.32. The summed E-state index contributed by atoms with van der Waals surface area (Å²) in [4.78, 5) is 38.7. The van der Waals surface area contributed by atoms with Gasteiger partial charge in [-0.3, -0.25) is 14.4 Å². The van der Waals surface area contributed by atoms with Crippen LogP contribution in [0, 0.1) is 0 Å². The van der Waals surface area contributed by atoms with E-state index in [1.807, 2.05) is 0 Å². The van der Waals surface area contributed by atoms with Crippen LogP contribution in [0.5, 0.6) is 0 Å². The van der Waals surface area contributed by atoms with Crippen LogP contribution in [0.1, 0.15) is 47.8 Å². The van der Waals surface area contributed by atoms with Crippen LogP contribution >= 0.6 is 0 Å². The number of carbonyl (C=O) groups is 3. The molecule has 0 unspecified atom stereocenters. The Hall–Kier alpha value is -4.51. The quantitative estimate of drug-likeness (QED) is 0.352. The molecular formula is C27H20N2O3. The summed E-state index contributed by atoms with van der Waals surface area (Å²) in [6, 6.07) is 26.4. The second kappa shape index (κ2) is 8.70. The van der Waals surface area contributed by atoms with Gasteiger partial charge in [0.15, 0.2) is 17.3 Å². The summed E-state index contributed by atoms with van der Waals surface area (Å²) in [7, 11) is 0. The molecule has 0 saturated heterocycles. The average molecular weight is 420 g/mol. The highest BCUT2D eigenvalue weighted by molar-refractivity contribution is 6.15. The maximum absolute atomic E-state index is 13.1. The first-order valence-electron chi connectivity index (χ1n) is 9.98.